The average Bonchev–Trinajstić information content (AvgIpc) is 2.20. The first-order valence-corrected chi connectivity index (χ1v) is 6.49. The number of rotatable bonds is 0. The van der Waals surface area contributed by atoms with Gasteiger partial charge in [0.25, 0.3) is 5.09 Å². The normalized spacial score (nSPS) is 43.1. The highest BCUT2D eigenvalue weighted by atomic mass is 35.5. The van der Waals surface area contributed by atoms with Crippen LogP contribution in [0.1, 0.15) is 0 Å². The molecule has 0 heterocycles. The van der Waals surface area contributed by atoms with Gasteiger partial charge in [-0.2, -0.15) is 0 Å². The van der Waals surface area contributed by atoms with Crippen molar-refractivity contribution >= 4 is 69.6 Å². The van der Waals surface area contributed by atoms with E-state index in [9.17, 15) is 0 Å². The second-order valence-corrected chi connectivity index (χ2v) is 5.93. The topological polar surface area (TPSA) is 63.4 Å². The number of hydrogen-bond acceptors (Lipinski definition) is 2. The largest absolute Gasteiger partial charge is 0.328 e. The molecule has 10 heteroatoms. The SMILES string of the molecule is Cl[C@H]1[C@H](Cl)[C@@H](Cl)[C@@H](Cl)[C@H](Cl)[C@H]1Cl.O=[N+]([O-])O. The molecule has 0 spiro atoms. The molecule has 1 rings (SSSR count). The number of halogens is 6. The van der Waals surface area contributed by atoms with E-state index in [2.05, 4.69) is 0 Å². The molecular formula is C6H7Cl6NO3. The molecule has 16 heavy (non-hydrogen) atoms. The Morgan fingerprint density at radius 3 is 0.875 bits per heavy atom. The summed E-state index contributed by atoms with van der Waals surface area (Å²) in [7, 11) is 0. The van der Waals surface area contributed by atoms with Crippen LogP contribution in [0, 0.1) is 10.1 Å². The standard InChI is InChI=1S/C6H6Cl6.HNO3/c7-1-2(8)4(10)6(12)5(11)3(1)9;2-1(3)4/h1-6H;(H,2,3,4)/t1-,2-,3-,4+,5+,6+;. The number of alkyl halides is 6. The Hall–Kier alpha value is 0.940. The lowest BCUT2D eigenvalue weighted by atomic mass is 9.97. The summed E-state index contributed by atoms with van der Waals surface area (Å²) in [5, 5.41) is 11.0. The summed E-state index contributed by atoms with van der Waals surface area (Å²) < 4.78 is 0. The molecule has 1 N–H and O–H groups in total. The van der Waals surface area contributed by atoms with Gasteiger partial charge in [0.2, 0.25) is 0 Å². The molecule has 1 aliphatic rings. The van der Waals surface area contributed by atoms with Gasteiger partial charge in [0.05, 0.1) is 32.3 Å². The van der Waals surface area contributed by atoms with Crippen molar-refractivity contribution in [2.24, 2.45) is 0 Å². The van der Waals surface area contributed by atoms with Crippen molar-refractivity contribution in [1.82, 2.24) is 0 Å². The molecule has 0 unspecified atom stereocenters. The maximum absolute atomic E-state index is 8.36. The third-order valence-electron chi connectivity index (χ3n) is 1.83. The molecule has 1 saturated carbocycles. The van der Waals surface area contributed by atoms with Crippen molar-refractivity contribution in [3.05, 3.63) is 10.1 Å². The molecule has 0 aromatic rings. The Labute approximate surface area is 122 Å². The summed E-state index contributed by atoms with van der Waals surface area (Å²) in [6.45, 7) is 0. The zero-order valence-electron chi connectivity index (χ0n) is 7.44. The fourth-order valence-electron chi connectivity index (χ4n) is 1.05. The molecule has 1 aliphatic carbocycles. The smallest absolute Gasteiger partial charge is 0.291 e. The second-order valence-electron chi connectivity index (χ2n) is 2.90. The lowest BCUT2D eigenvalue weighted by Gasteiger charge is -2.37. The van der Waals surface area contributed by atoms with Crippen LogP contribution in [0.5, 0.6) is 0 Å². The van der Waals surface area contributed by atoms with Gasteiger partial charge in [-0.15, -0.1) is 79.7 Å². The van der Waals surface area contributed by atoms with E-state index in [4.69, 9.17) is 84.9 Å². The van der Waals surface area contributed by atoms with Crippen LogP contribution in [0.25, 0.3) is 0 Å². The zero-order valence-corrected chi connectivity index (χ0v) is 12.0. The molecule has 0 bridgehead atoms. The molecule has 0 saturated heterocycles. The van der Waals surface area contributed by atoms with Crippen LogP contribution >= 0.6 is 69.6 Å². The first-order chi connectivity index (χ1) is 7.20. The summed E-state index contributed by atoms with van der Waals surface area (Å²) in [4.78, 5) is 8.36. The summed E-state index contributed by atoms with van der Waals surface area (Å²) in [6.07, 6.45) is 0. The minimum Gasteiger partial charge on any atom is -0.328 e. The summed E-state index contributed by atoms with van der Waals surface area (Å²) >= 11 is 35.3. The van der Waals surface area contributed by atoms with E-state index >= 15 is 0 Å². The maximum atomic E-state index is 8.36. The van der Waals surface area contributed by atoms with Crippen LogP contribution in [0.4, 0.5) is 0 Å². The minimum atomic E-state index is -1.50. The maximum Gasteiger partial charge on any atom is 0.291 e. The van der Waals surface area contributed by atoms with Crippen molar-refractivity contribution in [2.75, 3.05) is 0 Å². The van der Waals surface area contributed by atoms with Gasteiger partial charge in [-0.1, -0.05) is 0 Å². The quantitative estimate of drug-likeness (QED) is 0.413. The highest BCUT2D eigenvalue weighted by Crippen LogP contribution is 2.39. The van der Waals surface area contributed by atoms with Crippen LogP contribution in [0.3, 0.4) is 0 Å². The molecule has 0 radical (unpaired) electrons. The Morgan fingerprint density at radius 1 is 0.750 bits per heavy atom. The lowest BCUT2D eigenvalue weighted by Crippen LogP contribution is -2.52. The number of hydrogen-bond donors (Lipinski definition) is 1. The second kappa shape index (κ2) is 7.39. The van der Waals surface area contributed by atoms with E-state index in [0.717, 1.165) is 0 Å². The zero-order chi connectivity index (χ0) is 13.0. The first-order valence-electron chi connectivity index (χ1n) is 3.87. The molecule has 1 fully saturated rings. The van der Waals surface area contributed by atoms with E-state index in [-0.39, 0.29) is 0 Å². The van der Waals surface area contributed by atoms with Gasteiger partial charge in [-0.25, -0.2) is 0 Å². The van der Waals surface area contributed by atoms with E-state index in [1.54, 1.807) is 0 Å². The summed E-state index contributed by atoms with van der Waals surface area (Å²) in [5.41, 5.74) is 0. The van der Waals surface area contributed by atoms with Crippen LogP contribution in [-0.2, 0) is 0 Å². The van der Waals surface area contributed by atoms with Gasteiger partial charge in [0, 0.05) is 0 Å². The fraction of sp³-hybridized carbons (Fsp3) is 1.00. The van der Waals surface area contributed by atoms with Crippen molar-refractivity contribution in [2.45, 2.75) is 32.3 Å². The van der Waals surface area contributed by atoms with Gasteiger partial charge in [0.15, 0.2) is 0 Å². The van der Waals surface area contributed by atoms with E-state index in [1.807, 2.05) is 0 Å². The van der Waals surface area contributed by atoms with Crippen LogP contribution < -0.4 is 0 Å². The fourth-order valence-corrected chi connectivity index (χ4v) is 3.38. The van der Waals surface area contributed by atoms with Gasteiger partial charge >= 0.3 is 0 Å². The monoisotopic (exact) mass is 351 g/mol. The van der Waals surface area contributed by atoms with Crippen LogP contribution in [-0.4, -0.2) is 42.6 Å². The third-order valence-corrected chi connectivity index (χ3v) is 5.86. The van der Waals surface area contributed by atoms with E-state index in [0.29, 0.717) is 0 Å². The Balaban J connectivity index is 0.000000487. The summed E-state index contributed by atoms with van der Waals surface area (Å²) in [6, 6.07) is 0. The molecule has 0 amide bonds. The summed E-state index contributed by atoms with van der Waals surface area (Å²) in [5.74, 6) is 0. The highest BCUT2D eigenvalue weighted by molar-refractivity contribution is 6.45. The minimum absolute atomic E-state index is 0.437. The third kappa shape index (κ3) is 4.67. The predicted octanol–water partition coefficient (Wildman–Crippen LogP) is 3.30. The van der Waals surface area contributed by atoms with E-state index < -0.39 is 37.3 Å². The molecule has 0 aromatic carbocycles. The van der Waals surface area contributed by atoms with Crippen molar-refractivity contribution in [1.29, 1.82) is 0 Å². The molecule has 0 aliphatic heterocycles. The van der Waals surface area contributed by atoms with Gasteiger partial charge in [-0.3, -0.25) is 0 Å². The Kier molecular flexibility index (Phi) is 7.83. The van der Waals surface area contributed by atoms with Gasteiger partial charge in [0.1, 0.15) is 0 Å². The van der Waals surface area contributed by atoms with Crippen molar-refractivity contribution < 1.29 is 10.3 Å². The van der Waals surface area contributed by atoms with Crippen LogP contribution in [0.15, 0.2) is 0 Å². The highest BCUT2D eigenvalue weighted by Gasteiger charge is 2.46. The predicted molar refractivity (Wildman–Crippen MR) is 66.6 cm³/mol. The molecular weight excluding hydrogens is 347 g/mol. The van der Waals surface area contributed by atoms with Crippen LogP contribution in [0.2, 0.25) is 0 Å². The van der Waals surface area contributed by atoms with Crippen molar-refractivity contribution in [3.63, 3.8) is 0 Å². The molecule has 4 nitrogen and oxygen atoms in total. The number of nitrogens with zero attached hydrogens (tertiary/aromatic N) is 1. The Bertz CT molecular complexity index is 182. The molecule has 0 aromatic heterocycles. The van der Waals surface area contributed by atoms with Crippen molar-refractivity contribution in [3.8, 4) is 0 Å². The first kappa shape index (κ1) is 16.9. The Morgan fingerprint density at radius 2 is 0.812 bits per heavy atom. The van der Waals surface area contributed by atoms with Gasteiger partial charge in [-0.05, 0) is 0 Å². The average molecular weight is 354 g/mol. The molecule has 0 atom stereocenters. The van der Waals surface area contributed by atoms with E-state index in [1.165, 1.54) is 0 Å². The molecule has 96 valence electrons. The lowest BCUT2D eigenvalue weighted by molar-refractivity contribution is -0.742. The van der Waals surface area contributed by atoms with Gasteiger partial charge < -0.3 is 5.21 Å².